The van der Waals surface area contributed by atoms with Crippen LogP contribution in [0.15, 0.2) is 18.2 Å². The Labute approximate surface area is 145 Å². The topological polar surface area (TPSA) is 50.8 Å². The van der Waals surface area contributed by atoms with E-state index in [4.69, 9.17) is 9.47 Å². The first-order valence-electron chi connectivity index (χ1n) is 8.71. The van der Waals surface area contributed by atoms with Crippen molar-refractivity contribution < 1.29 is 14.3 Å². The molecule has 1 atom stereocenters. The summed E-state index contributed by atoms with van der Waals surface area (Å²) in [6.45, 7) is 7.65. The van der Waals surface area contributed by atoms with Crippen LogP contribution in [0.1, 0.15) is 32.3 Å². The van der Waals surface area contributed by atoms with Gasteiger partial charge in [-0.2, -0.15) is 0 Å². The molecule has 5 nitrogen and oxygen atoms in total. The molecule has 1 saturated heterocycles. The number of nitrogens with one attached hydrogen (secondary N) is 1. The maximum Gasteiger partial charge on any atom is 0.241 e. The van der Waals surface area contributed by atoms with Gasteiger partial charge in [0.25, 0.3) is 0 Å². The molecule has 0 aromatic heterocycles. The normalized spacial score (nSPS) is 17.1. The molecule has 0 bridgehead atoms. The summed E-state index contributed by atoms with van der Waals surface area (Å²) in [5.74, 6) is 1.15. The molecule has 1 aliphatic rings. The highest BCUT2D eigenvalue weighted by Gasteiger charge is 2.24. The van der Waals surface area contributed by atoms with Crippen LogP contribution in [0.25, 0.3) is 0 Å². The molecule has 0 aliphatic carbocycles. The minimum Gasteiger partial charge on any atom is -0.490 e. The van der Waals surface area contributed by atoms with Gasteiger partial charge in [0.1, 0.15) is 11.9 Å². The van der Waals surface area contributed by atoms with Gasteiger partial charge >= 0.3 is 0 Å². The van der Waals surface area contributed by atoms with Crippen molar-refractivity contribution >= 4 is 11.6 Å². The molecule has 1 aromatic carbocycles. The number of hydrogen-bond acceptors (Lipinski definition) is 4. The maximum absolute atomic E-state index is 12.5. The van der Waals surface area contributed by atoms with Crippen LogP contribution in [0.2, 0.25) is 0 Å². The molecule has 5 heteroatoms. The molecule has 2 rings (SSSR count). The van der Waals surface area contributed by atoms with E-state index in [-0.39, 0.29) is 24.0 Å². The Morgan fingerprint density at radius 2 is 1.96 bits per heavy atom. The second-order valence-corrected chi connectivity index (χ2v) is 7.05. The third-order valence-corrected chi connectivity index (χ3v) is 4.36. The average Bonchev–Trinajstić information content (AvgIpc) is 2.50. The Balaban J connectivity index is 2.02. The molecule has 0 spiro atoms. The van der Waals surface area contributed by atoms with Gasteiger partial charge in [-0.05, 0) is 50.7 Å². The Kier molecular flexibility index (Phi) is 6.63. The first-order valence-corrected chi connectivity index (χ1v) is 8.71. The number of benzene rings is 1. The van der Waals surface area contributed by atoms with Crippen LogP contribution in [0, 0.1) is 12.8 Å². The summed E-state index contributed by atoms with van der Waals surface area (Å²) in [5, 5.41) is 3.02. The van der Waals surface area contributed by atoms with E-state index in [0.29, 0.717) is 0 Å². The number of nitrogens with zero attached hydrogens (tertiary/aromatic N) is 1. The number of aryl methyl sites for hydroxylation is 1. The van der Waals surface area contributed by atoms with E-state index in [1.165, 1.54) is 0 Å². The van der Waals surface area contributed by atoms with Crippen molar-refractivity contribution in [1.82, 2.24) is 4.90 Å². The van der Waals surface area contributed by atoms with Gasteiger partial charge in [0, 0.05) is 18.5 Å². The predicted molar refractivity (Wildman–Crippen MR) is 96.6 cm³/mol. The van der Waals surface area contributed by atoms with Gasteiger partial charge < -0.3 is 14.8 Å². The van der Waals surface area contributed by atoms with Gasteiger partial charge in [0.15, 0.2) is 0 Å². The molecular weight excluding hydrogens is 304 g/mol. The number of anilines is 1. The maximum atomic E-state index is 12.5. The number of rotatable bonds is 6. The smallest absolute Gasteiger partial charge is 0.241 e. The van der Waals surface area contributed by atoms with Crippen LogP contribution >= 0.6 is 0 Å². The van der Waals surface area contributed by atoms with Crippen LogP contribution in [-0.2, 0) is 9.53 Å². The van der Waals surface area contributed by atoms with Gasteiger partial charge in [-0.25, -0.2) is 0 Å². The first kappa shape index (κ1) is 18.7. The summed E-state index contributed by atoms with van der Waals surface area (Å²) in [7, 11) is 3.86. The highest BCUT2D eigenvalue weighted by Crippen LogP contribution is 2.25. The van der Waals surface area contributed by atoms with Crippen LogP contribution in [0.5, 0.6) is 5.75 Å². The number of amides is 1. The Morgan fingerprint density at radius 3 is 2.50 bits per heavy atom. The first-order chi connectivity index (χ1) is 11.4. The van der Waals surface area contributed by atoms with E-state index in [1.807, 2.05) is 44.1 Å². The van der Waals surface area contributed by atoms with Crippen molar-refractivity contribution in [3.05, 3.63) is 23.8 Å². The predicted octanol–water partition coefficient (Wildman–Crippen LogP) is 3.08. The number of carbonyl (C=O) groups is 1. The summed E-state index contributed by atoms with van der Waals surface area (Å²) in [5.41, 5.74) is 1.84. The zero-order valence-corrected chi connectivity index (χ0v) is 15.5. The quantitative estimate of drug-likeness (QED) is 0.869. The van der Waals surface area contributed by atoms with Gasteiger partial charge in [0.05, 0.1) is 19.3 Å². The summed E-state index contributed by atoms with van der Waals surface area (Å²) in [6, 6.07) is 5.68. The Morgan fingerprint density at radius 1 is 1.29 bits per heavy atom. The van der Waals surface area contributed by atoms with Crippen LogP contribution in [0.4, 0.5) is 5.69 Å². The fraction of sp³-hybridized carbons (Fsp3) is 0.632. The minimum absolute atomic E-state index is 0.0208. The zero-order valence-electron chi connectivity index (χ0n) is 15.5. The molecule has 134 valence electrons. The van der Waals surface area contributed by atoms with Crippen molar-refractivity contribution in [2.75, 3.05) is 32.6 Å². The van der Waals surface area contributed by atoms with Crippen molar-refractivity contribution in [1.29, 1.82) is 0 Å². The van der Waals surface area contributed by atoms with E-state index in [9.17, 15) is 4.79 Å². The van der Waals surface area contributed by atoms with Gasteiger partial charge in [-0.3, -0.25) is 9.69 Å². The second-order valence-electron chi connectivity index (χ2n) is 7.05. The molecule has 1 heterocycles. The molecule has 1 amide bonds. The third-order valence-electron chi connectivity index (χ3n) is 4.36. The average molecular weight is 334 g/mol. The fourth-order valence-corrected chi connectivity index (χ4v) is 3.18. The molecule has 24 heavy (non-hydrogen) atoms. The van der Waals surface area contributed by atoms with E-state index >= 15 is 0 Å². The Hall–Kier alpha value is -1.59. The van der Waals surface area contributed by atoms with E-state index in [2.05, 4.69) is 19.2 Å². The molecular formula is C19H30N2O3. The molecule has 0 unspecified atom stereocenters. The van der Waals surface area contributed by atoms with Crippen molar-refractivity contribution in [2.24, 2.45) is 5.92 Å². The highest BCUT2D eigenvalue weighted by molar-refractivity contribution is 5.95. The molecule has 1 aliphatic heterocycles. The lowest BCUT2D eigenvalue weighted by molar-refractivity contribution is -0.121. The zero-order chi connectivity index (χ0) is 17.7. The molecule has 1 fully saturated rings. The lowest BCUT2D eigenvalue weighted by Crippen LogP contribution is -2.43. The van der Waals surface area contributed by atoms with Crippen LogP contribution < -0.4 is 10.1 Å². The van der Waals surface area contributed by atoms with E-state index in [1.54, 1.807) is 0 Å². The van der Waals surface area contributed by atoms with Crippen molar-refractivity contribution in [3.63, 3.8) is 0 Å². The van der Waals surface area contributed by atoms with Gasteiger partial charge in [-0.15, -0.1) is 0 Å². The molecule has 0 saturated carbocycles. The van der Waals surface area contributed by atoms with Crippen LogP contribution in [0.3, 0.4) is 0 Å². The van der Waals surface area contributed by atoms with Crippen molar-refractivity contribution in [2.45, 2.75) is 45.8 Å². The van der Waals surface area contributed by atoms with Crippen molar-refractivity contribution in [3.8, 4) is 5.75 Å². The summed E-state index contributed by atoms with van der Waals surface area (Å²) in [4.78, 5) is 14.5. The molecule has 1 aromatic rings. The standard InChI is InChI=1S/C19H30N2O3/c1-13(2)18(21(4)5)19(22)20-15-6-7-17(14(3)12-15)24-16-8-10-23-11-9-16/h6-7,12-13,16,18H,8-11H2,1-5H3,(H,20,22)/t18-/m1/s1. The number of likely N-dealkylation sites (N-methyl/N-ethyl adjacent to an activating group) is 1. The number of ether oxygens (including phenoxy) is 2. The summed E-state index contributed by atoms with van der Waals surface area (Å²) in [6.07, 6.45) is 2.07. The van der Waals surface area contributed by atoms with E-state index in [0.717, 1.165) is 43.1 Å². The molecule has 0 radical (unpaired) electrons. The lowest BCUT2D eigenvalue weighted by atomic mass is 10.0. The van der Waals surface area contributed by atoms with Gasteiger partial charge in [-0.1, -0.05) is 13.8 Å². The molecule has 1 N–H and O–H groups in total. The largest absolute Gasteiger partial charge is 0.490 e. The van der Waals surface area contributed by atoms with E-state index < -0.39 is 0 Å². The minimum atomic E-state index is -0.150. The second kappa shape index (κ2) is 8.49. The van der Waals surface area contributed by atoms with Gasteiger partial charge in [0.2, 0.25) is 5.91 Å². The van der Waals surface area contributed by atoms with Crippen LogP contribution in [-0.4, -0.2) is 50.3 Å². The summed E-state index contributed by atoms with van der Waals surface area (Å²) < 4.78 is 11.4. The Bertz CT molecular complexity index is 544. The lowest BCUT2D eigenvalue weighted by Gasteiger charge is -2.27. The number of carbonyl (C=O) groups excluding carboxylic acids is 1. The number of hydrogen-bond donors (Lipinski definition) is 1. The summed E-state index contributed by atoms with van der Waals surface area (Å²) >= 11 is 0. The third kappa shape index (κ3) is 4.95. The SMILES string of the molecule is Cc1cc(NC(=O)[C@@H](C(C)C)N(C)C)ccc1OC1CCOCC1. The fourth-order valence-electron chi connectivity index (χ4n) is 3.18. The monoisotopic (exact) mass is 334 g/mol. The highest BCUT2D eigenvalue weighted by atomic mass is 16.5.